The van der Waals surface area contributed by atoms with Crippen LogP contribution in [-0.2, 0) is 4.79 Å². The van der Waals surface area contributed by atoms with Crippen LogP contribution < -0.4 is 10.1 Å². The standard InChI is InChI=1S/C19H26N4O2S/c1-13-6-4-5-7-16(13)23-18(14-8-10-15(25-3)11-9-14)21-22-19(23)26-12-17(24)20-2/h8-11,13,16H,4-7,12H2,1-3H3,(H,20,24)/t13-,16-/m1/s1. The molecule has 0 unspecified atom stereocenters. The molecule has 0 bridgehead atoms. The Morgan fingerprint density at radius 1 is 1.27 bits per heavy atom. The predicted molar refractivity (Wildman–Crippen MR) is 103 cm³/mol. The number of nitrogens with one attached hydrogen (secondary N) is 1. The normalized spacial score (nSPS) is 20.0. The highest BCUT2D eigenvalue weighted by atomic mass is 32.2. The Morgan fingerprint density at radius 3 is 2.65 bits per heavy atom. The van der Waals surface area contributed by atoms with Crippen LogP contribution in [-0.4, -0.2) is 40.6 Å². The van der Waals surface area contributed by atoms with Gasteiger partial charge in [0.15, 0.2) is 11.0 Å². The summed E-state index contributed by atoms with van der Waals surface area (Å²) in [5.41, 5.74) is 1.02. The molecular formula is C19H26N4O2S. The quantitative estimate of drug-likeness (QED) is 0.783. The first-order chi connectivity index (χ1) is 12.6. The number of thioether (sulfide) groups is 1. The maximum Gasteiger partial charge on any atom is 0.230 e. The van der Waals surface area contributed by atoms with E-state index in [1.54, 1.807) is 14.2 Å². The van der Waals surface area contributed by atoms with Crippen LogP contribution in [0.1, 0.15) is 38.6 Å². The molecule has 1 saturated carbocycles. The van der Waals surface area contributed by atoms with Gasteiger partial charge in [-0.1, -0.05) is 31.5 Å². The van der Waals surface area contributed by atoms with E-state index in [1.165, 1.54) is 31.0 Å². The third kappa shape index (κ3) is 4.03. The van der Waals surface area contributed by atoms with Gasteiger partial charge in [-0.25, -0.2) is 0 Å². The lowest BCUT2D eigenvalue weighted by Gasteiger charge is -2.31. The lowest BCUT2D eigenvalue weighted by Crippen LogP contribution is -2.23. The van der Waals surface area contributed by atoms with Crippen LogP contribution in [0.4, 0.5) is 0 Å². The number of nitrogens with zero attached hydrogens (tertiary/aromatic N) is 3. The second-order valence-electron chi connectivity index (χ2n) is 6.70. The second-order valence-corrected chi connectivity index (χ2v) is 7.64. The highest BCUT2D eigenvalue weighted by Crippen LogP contribution is 2.39. The Kier molecular flexibility index (Phi) is 6.19. The fourth-order valence-electron chi connectivity index (χ4n) is 3.49. The topological polar surface area (TPSA) is 69.0 Å². The number of hydrogen-bond acceptors (Lipinski definition) is 5. The van der Waals surface area contributed by atoms with Gasteiger partial charge in [-0.05, 0) is 43.0 Å². The lowest BCUT2D eigenvalue weighted by atomic mass is 9.85. The van der Waals surface area contributed by atoms with Gasteiger partial charge >= 0.3 is 0 Å². The molecule has 6 nitrogen and oxygen atoms in total. The van der Waals surface area contributed by atoms with Crippen LogP contribution in [0.15, 0.2) is 29.4 Å². The molecule has 0 radical (unpaired) electrons. The molecule has 0 aliphatic heterocycles. The Labute approximate surface area is 158 Å². The summed E-state index contributed by atoms with van der Waals surface area (Å²) in [6.45, 7) is 2.30. The van der Waals surface area contributed by atoms with Crippen molar-refractivity contribution in [1.82, 2.24) is 20.1 Å². The van der Waals surface area contributed by atoms with Gasteiger partial charge in [-0.15, -0.1) is 10.2 Å². The number of carbonyl (C=O) groups is 1. The van der Waals surface area contributed by atoms with Gasteiger partial charge in [-0.3, -0.25) is 9.36 Å². The van der Waals surface area contributed by atoms with Crippen LogP contribution >= 0.6 is 11.8 Å². The van der Waals surface area contributed by atoms with Crippen molar-refractivity contribution < 1.29 is 9.53 Å². The largest absolute Gasteiger partial charge is 0.497 e. The molecule has 2 atom stereocenters. The van der Waals surface area contributed by atoms with Crippen LogP contribution in [0.3, 0.4) is 0 Å². The van der Waals surface area contributed by atoms with Crippen molar-refractivity contribution in [3.63, 3.8) is 0 Å². The number of hydrogen-bond donors (Lipinski definition) is 1. The van der Waals surface area contributed by atoms with E-state index < -0.39 is 0 Å². The molecular weight excluding hydrogens is 348 g/mol. The van der Waals surface area contributed by atoms with Crippen molar-refractivity contribution in [3.05, 3.63) is 24.3 Å². The molecule has 1 aromatic heterocycles. The van der Waals surface area contributed by atoms with E-state index in [2.05, 4.69) is 27.0 Å². The summed E-state index contributed by atoms with van der Waals surface area (Å²) in [7, 11) is 3.31. The number of benzene rings is 1. The first kappa shape index (κ1) is 18.8. The number of methoxy groups -OCH3 is 1. The van der Waals surface area contributed by atoms with Gasteiger partial charge in [0.05, 0.1) is 12.9 Å². The maximum absolute atomic E-state index is 11.7. The zero-order chi connectivity index (χ0) is 18.5. The molecule has 1 aliphatic carbocycles. The van der Waals surface area contributed by atoms with Crippen molar-refractivity contribution in [3.8, 4) is 17.1 Å². The van der Waals surface area contributed by atoms with Crippen molar-refractivity contribution in [2.75, 3.05) is 19.9 Å². The Morgan fingerprint density at radius 2 is 2.00 bits per heavy atom. The van der Waals surface area contributed by atoms with E-state index >= 15 is 0 Å². The zero-order valence-corrected chi connectivity index (χ0v) is 16.4. The third-order valence-electron chi connectivity index (χ3n) is 5.02. The van der Waals surface area contributed by atoms with Gasteiger partial charge in [0.2, 0.25) is 5.91 Å². The summed E-state index contributed by atoms with van der Waals surface area (Å²) in [5.74, 6) is 2.59. The van der Waals surface area contributed by atoms with Gasteiger partial charge in [-0.2, -0.15) is 0 Å². The highest BCUT2D eigenvalue weighted by molar-refractivity contribution is 7.99. The van der Waals surface area contributed by atoms with Crippen LogP contribution in [0.25, 0.3) is 11.4 Å². The predicted octanol–water partition coefficient (Wildman–Crippen LogP) is 3.54. The van der Waals surface area contributed by atoms with Gasteiger partial charge < -0.3 is 10.1 Å². The van der Waals surface area contributed by atoms with Crippen molar-refractivity contribution in [1.29, 1.82) is 0 Å². The molecule has 0 spiro atoms. The van der Waals surface area contributed by atoms with Crippen molar-refractivity contribution >= 4 is 17.7 Å². The molecule has 1 N–H and O–H groups in total. The molecule has 1 aliphatic rings. The molecule has 7 heteroatoms. The van der Waals surface area contributed by atoms with E-state index in [0.29, 0.717) is 17.7 Å². The van der Waals surface area contributed by atoms with Crippen LogP contribution in [0, 0.1) is 5.92 Å². The van der Waals surface area contributed by atoms with E-state index in [1.807, 2.05) is 24.3 Å². The summed E-state index contributed by atoms with van der Waals surface area (Å²) in [6, 6.07) is 8.27. The van der Waals surface area contributed by atoms with Crippen LogP contribution in [0.2, 0.25) is 0 Å². The molecule has 0 saturated heterocycles. The fraction of sp³-hybridized carbons (Fsp3) is 0.526. The molecule has 1 aromatic carbocycles. The summed E-state index contributed by atoms with van der Waals surface area (Å²) >= 11 is 1.45. The summed E-state index contributed by atoms with van der Waals surface area (Å²) < 4.78 is 7.51. The van der Waals surface area contributed by atoms with E-state index in [9.17, 15) is 4.79 Å². The highest BCUT2D eigenvalue weighted by Gasteiger charge is 2.28. The number of carbonyl (C=O) groups excluding carboxylic acids is 1. The minimum absolute atomic E-state index is 0.00719. The average molecular weight is 375 g/mol. The lowest BCUT2D eigenvalue weighted by molar-refractivity contribution is -0.118. The minimum atomic E-state index is -0.00719. The molecule has 1 amide bonds. The molecule has 1 heterocycles. The van der Waals surface area contributed by atoms with Crippen molar-refractivity contribution in [2.24, 2.45) is 5.92 Å². The fourth-order valence-corrected chi connectivity index (χ4v) is 4.36. The summed E-state index contributed by atoms with van der Waals surface area (Å²) in [6.07, 6.45) is 4.83. The second kappa shape index (κ2) is 8.58. The minimum Gasteiger partial charge on any atom is -0.497 e. The Balaban J connectivity index is 1.97. The van der Waals surface area contributed by atoms with Crippen LogP contribution in [0.5, 0.6) is 5.75 Å². The molecule has 26 heavy (non-hydrogen) atoms. The summed E-state index contributed by atoms with van der Waals surface area (Å²) in [4.78, 5) is 11.7. The number of amides is 1. The number of rotatable bonds is 6. The number of ether oxygens (including phenoxy) is 1. The molecule has 2 aromatic rings. The third-order valence-corrected chi connectivity index (χ3v) is 5.96. The van der Waals surface area contributed by atoms with E-state index in [-0.39, 0.29) is 5.91 Å². The number of aromatic nitrogens is 3. The first-order valence-corrected chi connectivity index (χ1v) is 10.0. The van der Waals surface area contributed by atoms with Gasteiger partial charge in [0, 0.05) is 18.7 Å². The van der Waals surface area contributed by atoms with Gasteiger partial charge in [0.1, 0.15) is 5.75 Å². The van der Waals surface area contributed by atoms with E-state index in [0.717, 1.165) is 28.7 Å². The molecule has 140 valence electrons. The summed E-state index contributed by atoms with van der Waals surface area (Å²) in [5, 5.41) is 12.4. The smallest absolute Gasteiger partial charge is 0.230 e. The average Bonchev–Trinajstić information content (AvgIpc) is 3.10. The first-order valence-electron chi connectivity index (χ1n) is 9.06. The zero-order valence-electron chi connectivity index (χ0n) is 15.6. The van der Waals surface area contributed by atoms with Gasteiger partial charge in [0.25, 0.3) is 0 Å². The van der Waals surface area contributed by atoms with Crippen molar-refractivity contribution in [2.45, 2.75) is 43.8 Å². The molecule has 3 rings (SSSR count). The van der Waals surface area contributed by atoms with E-state index in [4.69, 9.17) is 4.74 Å². The molecule has 1 fully saturated rings. The Hall–Kier alpha value is -2.02. The monoisotopic (exact) mass is 374 g/mol. The Bertz CT molecular complexity index is 744. The maximum atomic E-state index is 11.7. The SMILES string of the molecule is CNC(=O)CSc1nnc(-c2ccc(OC)cc2)n1[C@@H]1CCCC[C@H]1C.